The number of aryl methyl sites for hydroxylation is 1. The molecule has 0 atom stereocenters. The fourth-order valence-corrected chi connectivity index (χ4v) is 1.48. The third-order valence-electron chi connectivity index (χ3n) is 2.28. The molecule has 1 aromatic heterocycles. The summed E-state index contributed by atoms with van der Waals surface area (Å²) in [5, 5.41) is 9.17. The molecule has 0 saturated carbocycles. The van der Waals surface area contributed by atoms with Crippen molar-refractivity contribution in [2.24, 2.45) is 0 Å². The molecule has 1 heterocycles. The summed E-state index contributed by atoms with van der Waals surface area (Å²) in [6.07, 6.45) is -0.00141. The Morgan fingerprint density at radius 2 is 2.24 bits per heavy atom. The highest BCUT2D eigenvalue weighted by Crippen LogP contribution is 2.09. The van der Waals surface area contributed by atoms with Gasteiger partial charge < -0.3 is 5.32 Å². The van der Waals surface area contributed by atoms with Gasteiger partial charge >= 0.3 is 0 Å². The smallest absolute Gasteiger partial charge is 0.230 e. The Morgan fingerprint density at radius 1 is 1.47 bits per heavy atom. The van der Waals surface area contributed by atoms with Crippen LogP contribution in [0.5, 0.6) is 0 Å². The molecule has 0 radical (unpaired) electrons. The fraction of sp³-hybridized carbons (Fsp3) is 0.167. The van der Waals surface area contributed by atoms with Crippen LogP contribution < -0.4 is 5.32 Å². The minimum absolute atomic E-state index is 0.00141. The number of nitrogens with zero attached hydrogens (tertiary/aromatic N) is 1. The van der Waals surface area contributed by atoms with Crippen molar-refractivity contribution in [3.8, 4) is 0 Å². The lowest BCUT2D eigenvalue weighted by atomic mass is 10.1. The van der Waals surface area contributed by atoms with E-state index in [-0.39, 0.29) is 18.1 Å². The van der Waals surface area contributed by atoms with Crippen LogP contribution in [0.1, 0.15) is 11.3 Å². The fourth-order valence-electron chi connectivity index (χ4n) is 1.48. The number of nitrogens with one attached hydrogen (secondary N) is 2. The van der Waals surface area contributed by atoms with Gasteiger partial charge in [0.1, 0.15) is 5.82 Å². The maximum atomic E-state index is 13.3. The molecule has 0 spiro atoms. The van der Waals surface area contributed by atoms with Gasteiger partial charge in [0.25, 0.3) is 0 Å². The highest BCUT2D eigenvalue weighted by molar-refractivity contribution is 5.91. The number of hydrogen-bond acceptors (Lipinski definition) is 2. The topological polar surface area (TPSA) is 57.8 Å². The Labute approximate surface area is 97.9 Å². The Kier molecular flexibility index (Phi) is 3.18. The van der Waals surface area contributed by atoms with Crippen molar-refractivity contribution < 1.29 is 9.18 Å². The summed E-state index contributed by atoms with van der Waals surface area (Å²) in [7, 11) is 0. The lowest BCUT2D eigenvalue weighted by molar-refractivity contribution is -0.115. The Hall–Kier alpha value is -2.17. The summed E-state index contributed by atoms with van der Waals surface area (Å²) in [4.78, 5) is 11.6. The normalized spacial score (nSPS) is 10.2. The average Bonchev–Trinajstić information content (AvgIpc) is 2.67. The van der Waals surface area contributed by atoms with E-state index in [0.717, 1.165) is 5.69 Å². The molecule has 0 saturated heterocycles. The van der Waals surface area contributed by atoms with E-state index in [1.54, 1.807) is 24.3 Å². The molecule has 0 aliphatic heterocycles. The number of halogens is 1. The van der Waals surface area contributed by atoms with E-state index < -0.39 is 0 Å². The van der Waals surface area contributed by atoms with Crippen LogP contribution >= 0.6 is 0 Å². The summed E-state index contributed by atoms with van der Waals surface area (Å²) >= 11 is 0. The summed E-state index contributed by atoms with van der Waals surface area (Å²) in [5.74, 6) is -0.216. The molecule has 0 fully saturated rings. The first-order chi connectivity index (χ1) is 8.15. The molecule has 4 nitrogen and oxygen atoms in total. The number of amides is 1. The minimum Gasteiger partial charge on any atom is -0.309 e. The Morgan fingerprint density at radius 3 is 2.88 bits per heavy atom. The van der Waals surface area contributed by atoms with Gasteiger partial charge in [-0.3, -0.25) is 9.89 Å². The van der Waals surface area contributed by atoms with Crippen LogP contribution in [-0.4, -0.2) is 16.1 Å². The predicted octanol–water partition coefficient (Wildman–Crippen LogP) is 2.04. The predicted molar refractivity (Wildman–Crippen MR) is 62.1 cm³/mol. The van der Waals surface area contributed by atoms with Crippen LogP contribution in [-0.2, 0) is 11.2 Å². The first kappa shape index (κ1) is 11.3. The molecule has 2 rings (SSSR count). The van der Waals surface area contributed by atoms with Crippen molar-refractivity contribution in [1.82, 2.24) is 10.2 Å². The van der Waals surface area contributed by atoms with Crippen molar-refractivity contribution in [3.63, 3.8) is 0 Å². The minimum atomic E-state index is -0.374. The molecular weight excluding hydrogens is 221 g/mol. The van der Waals surface area contributed by atoms with Crippen molar-refractivity contribution in [2.75, 3.05) is 5.32 Å². The number of carbonyl (C=O) groups is 1. The number of hydrogen-bond donors (Lipinski definition) is 2. The lowest BCUT2D eigenvalue weighted by Gasteiger charge is -2.02. The number of rotatable bonds is 3. The first-order valence-electron chi connectivity index (χ1n) is 5.20. The molecule has 5 heteroatoms. The van der Waals surface area contributed by atoms with Crippen molar-refractivity contribution >= 4 is 11.7 Å². The van der Waals surface area contributed by atoms with Crippen LogP contribution in [0.2, 0.25) is 0 Å². The number of aromatic nitrogens is 2. The maximum Gasteiger partial charge on any atom is 0.230 e. The molecule has 2 aromatic rings. The number of anilines is 1. The number of H-pyrrole nitrogens is 1. The van der Waals surface area contributed by atoms with Crippen molar-refractivity contribution in [2.45, 2.75) is 13.3 Å². The van der Waals surface area contributed by atoms with Crippen molar-refractivity contribution in [3.05, 3.63) is 47.4 Å². The maximum absolute atomic E-state index is 13.3. The van der Waals surface area contributed by atoms with Crippen LogP contribution in [0, 0.1) is 12.7 Å². The van der Waals surface area contributed by atoms with E-state index in [0.29, 0.717) is 11.4 Å². The zero-order valence-electron chi connectivity index (χ0n) is 9.33. The van der Waals surface area contributed by atoms with E-state index >= 15 is 0 Å². The second-order valence-electron chi connectivity index (χ2n) is 3.75. The standard InChI is InChI=1S/C12H12FN3O/c1-8-6-11(16-15-8)14-12(17)7-9-4-2-3-5-10(9)13/h2-6H,7H2,1H3,(H2,14,15,16,17). The quantitative estimate of drug-likeness (QED) is 0.852. The Bertz CT molecular complexity index is 536. The highest BCUT2D eigenvalue weighted by atomic mass is 19.1. The van der Waals surface area contributed by atoms with Gasteiger partial charge in [0.2, 0.25) is 5.91 Å². The second kappa shape index (κ2) is 4.78. The van der Waals surface area contributed by atoms with Crippen LogP contribution in [0.15, 0.2) is 30.3 Å². The van der Waals surface area contributed by atoms with E-state index in [1.807, 2.05) is 6.92 Å². The summed E-state index contributed by atoms with van der Waals surface area (Å²) in [6, 6.07) is 7.92. The van der Waals surface area contributed by atoms with E-state index in [2.05, 4.69) is 15.5 Å². The van der Waals surface area contributed by atoms with Gasteiger partial charge in [-0.05, 0) is 18.6 Å². The molecule has 17 heavy (non-hydrogen) atoms. The molecule has 0 unspecified atom stereocenters. The van der Waals surface area contributed by atoms with Crippen LogP contribution in [0.4, 0.5) is 10.2 Å². The zero-order valence-corrected chi connectivity index (χ0v) is 9.33. The molecular formula is C12H12FN3O. The SMILES string of the molecule is Cc1cc(NC(=O)Cc2ccccc2F)n[nH]1. The van der Waals surface area contributed by atoms with Crippen LogP contribution in [0.25, 0.3) is 0 Å². The molecule has 88 valence electrons. The molecule has 0 bridgehead atoms. The molecule has 2 N–H and O–H groups in total. The first-order valence-corrected chi connectivity index (χ1v) is 5.20. The zero-order chi connectivity index (χ0) is 12.3. The van der Waals surface area contributed by atoms with Gasteiger partial charge in [-0.2, -0.15) is 5.10 Å². The van der Waals surface area contributed by atoms with Gasteiger partial charge in [0.05, 0.1) is 6.42 Å². The molecule has 1 amide bonds. The van der Waals surface area contributed by atoms with Crippen molar-refractivity contribution in [1.29, 1.82) is 0 Å². The summed E-state index contributed by atoms with van der Waals surface area (Å²) in [6.45, 7) is 1.83. The van der Waals surface area contributed by atoms with Gasteiger partial charge in [0, 0.05) is 11.8 Å². The van der Waals surface area contributed by atoms with Gasteiger partial charge in [-0.25, -0.2) is 4.39 Å². The second-order valence-corrected chi connectivity index (χ2v) is 3.75. The van der Waals surface area contributed by atoms with Crippen LogP contribution in [0.3, 0.4) is 0 Å². The molecule has 1 aromatic carbocycles. The molecule has 0 aliphatic rings. The number of carbonyl (C=O) groups excluding carboxylic acids is 1. The van der Waals surface area contributed by atoms with E-state index in [9.17, 15) is 9.18 Å². The van der Waals surface area contributed by atoms with Gasteiger partial charge in [0.15, 0.2) is 5.82 Å². The van der Waals surface area contributed by atoms with E-state index in [1.165, 1.54) is 6.07 Å². The van der Waals surface area contributed by atoms with E-state index in [4.69, 9.17) is 0 Å². The number of aromatic amines is 1. The monoisotopic (exact) mass is 233 g/mol. The number of benzene rings is 1. The Balaban J connectivity index is 2.01. The summed E-state index contributed by atoms with van der Waals surface area (Å²) in [5.41, 5.74) is 1.23. The third-order valence-corrected chi connectivity index (χ3v) is 2.28. The highest BCUT2D eigenvalue weighted by Gasteiger charge is 2.08. The third kappa shape index (κ3) is 2.90. The lowest BCUT2D eigenvalue weighted by Crippen LogP contribution is -2.15. The van der Waals surface area contributed by atoms with Gasteiger partial charge in [-0.1, -0.05) is 18.2 Å². The largest absolute Gasteiger partial charge is 0.309 e. The average molecular weight is 233 g/mol. The van der Waals surface area contributed by atoms with Gasteiger partial charge in [-0.15, -0.1) is 0 Å². The summed E-state index contributed by atoms with van der Waals surface area (Å²) < 4.78 is 13.3. The molecule has 0 aliphatic carbocycles.